The summed E-state index contributed by atoms with van der Waals surface area (Å²) in [4.78, 5) is 12.5. The van der Waals surface area contributed by atoms with Crippen LogP contribution in [0.1, 0.15) is 38.1 Å². The maximum atomic E-state index is 13.7. The molecule has 0 unspecified atom stereocenters. The van der Waals surface area contributed by atoms with Gasteiger partial charge in [0.25, 0.3) is 15.9 Å². The highest BCUT2D eigenvalue weighted by Crippen LogP contribution is 2.20. The minimum absolute atomic E-state index is 0.0331. The van der Waals surface area contributed by atoms with Crippen molar-refractivity contribution < 1.29 is 17.6 Å². The molecule has 0 radical (unpaired) electrons. The zero-order valence-corrected chi connectivity index (χ0v) is 16.7. The molecule has 0 spiro atoms. The maximum Gasteiger partial charge on any atom is 0.262 e. The molecule has 0 fully saturated rings. The zero-order valence-electron chi connectivity index (χ0n) is 15.9. The number of anilines is 1. The van der Waals surface area contributed by atoms with Crippen LogP contribution in [0.4, 0.5) is 10.1 Å². The first-order chi connectivity index (χ1) is 12.6. The normalized spacial score (nSPS) is 11.9. The van der Waals surface area contributed by atoms with E-state index in [0.717, 1.165) is 0 Å². The number of rotatable bonds is 7. The number of benzene rings is 2. The van der Waals surface area contributed by atoms with Gasteiger partial charge in [0.15, 0.2) is 0 Å². The van der Waals surface area contributed by atoms with Gasteiger partial charge >= 0.3 is 0 Å². The van der Waals surface area contributed by atoms with Gasteiger partial charge in [0.1, 0.15) is 5.82 Å². The summed E-state index contributed by atoms with van der Waals surface area (Å²) in [6.07, 6.45) is 0. The van der Waals surface area contributed by atoms with Crippen molar-refractivity contribution in [3.8, 4) is 0 Å². The molecular formula is C20H25FN2O3S. The average molecular weight is 392 g/mol. The molecule has 0 aromatic heterocycles. The highest BCUT2D eigenvalue weighted by Gasteiger charge is 2.22. The van der Waals surface area contributed by atoms with Gasteiger partial charge < -0.3 is 5.32 Å². The molecule has 0 bridgehead atoms. The van der Waals surface area contributed by atoms with E-state index >= 15 is 0 Å². The number of halogens is 1. The molecule has 0 heterocycles. The van der Waals surface area contributed by atoms with Crippen LogP contribution in [-0.2, 0) is 10.0 Å². The van der Waals surface area contributed by atoms with Crippen LogP contribution in [0.3, 0.4) is 0 Å². The van der Waals surface area contributed by atoms with Gasteiger partial charge in [-0.2, -0.15) is 0 Å². The summed E-state index contributed by atoms with van der Waals surface area (Å²) in [6, 6.07) is 11.2. The highest BCUT2D eigenvalue weighted by molar-refractivity contribution is 7.92. The van der Waals surface area contributed by atoms with Crippen LogP contribution in [0.2, 0.25) is 0 Å². The molecule has 146 valence electrons. The fourth-order valence-electron chi connectivity index (χ4n) is 2.89. The van der Waals surface area contributed by atoms with E-state index < -0.39 is 15.8 Å². The van der Waals surface area contributed by atoms with Crippen molar-refractivity contribution in [3.63, 3.8) is 0 Å². The topological polar surface area (TPSA) is 75.3 Å². The van der Waals surface area contributed by atoms with Crippen molar-refractivity contribution in [1.82, 2.24) is 5.32 Å². The molecule has 1 amide bonds. The van der Waals surface area contributed by atoms with Crippen LogP contribution in [0.25, 0.3) is 0 Å². The Kier molecular flexibility index (Phi) is 6.59. The number of para-hydroxylation sites is 1. The molecule has 2 aromatic rings. The summed E-state index contributed by atoms with van der Waals surface area (Å²) in [5.41, 5.74) is 0.0877. The molecule has 2 N–H and O–H groups in total. The third-order valence-electron chi connectivity index (χ3n) is 4.26. The maximum absolute atomic E-state index is 13.7. The van der Waals surface area contributed by atoms with Crippen molar-refractivity contribution in [1.29, 1.82) is 0 Å². The quantitative estimate of drug-likeness (QED) is 0.747. The predicted molar refractivity (Wildman–Crippen MR) is 105 cm³/mol. The monoisotopic (exact) mass is 392 g/mol. The van der Waals surface area contributed by atoms with Crippen LogP contribution < -0.4 is 10.0 Å². The van der Waals surface area contributed by atoms with Crippen LogP contribution in [0.15, 0.2) is 53.4 Å². The molecule has 0 saturated heterocycles. The van der Waals surface area contributed by atoms with Gasteiger partial charge in [-0.3, -0.25) is 9.52 Å². The Hall–Kier alpha value is -2.41. The second-order valence-corrected chi connectivity index (χ2v) is 8.78. The number of nitrogens with one attached hydrogen (secondary N) is 2. The van der Waals surface area contributed by atoms with Crippen LogP contribution in [0, 0.1) is 17.7 Å². The number of hydrogen-bond donors (Lipinski definition) is 2. The number of carbonyl (C=O) groups is 1. The Morgan fingerprint density at radius 3 is 2.19 bits per heavy atom. The third-order valence-corrected chi connectivity index (χ3v) is 5.62. The molecule has 7 heteroatoms. The Morgan fingerprint density at radius 1 is 0.963 bits per heavy atom. The van der Waals surface area contributed by atoms with Gasteiger partial charge in [0.2, 0.25) is 0 Å². The molecule has 0 aliphatic carbocycles. The number of hydrogen-bond acceptors (Lipinski definition) is 3. The minimum atomic E-state index is -4.02. The Morgan fingerprint density at radius 2 is 1.59 bits per heavy atom. The number of carbonyl (C=O) groups excluding carboxylic acids is 1. The molecule has 0 aliphatic heterocycles. The SMILES string of the molecule is CC(C)C(NC(=O)c1cccc(S(=O)(=O)Nc2ccccc2F)c1)C(C)C. The summed E-state index contributed by atoms with van der Waals surface area (Å²) in [5, 5.41) is 2.96. The number of sulfonamides is 1. The number of amides is 1. The van der Waals surface area contributed by atoms with E-state index in [9.17, 15) is 17.6 Å². The second kappa shape index (κ2) is 8.52. The first-order valence-electron chi connectivity index (χ1n) is 8.80. The van der Waals surface area contributed by atoms with Gasteiger partial charge in [-0.25, -0.2) is 12.8 Å². The van der Waals surface area contributed by atoms with Gasteiger partial charge in [-0.1, -0.05) is 45.9 Å². The highest BCUT2D eigenvalue weighted by atomic mass is 32.2. The summed E-state index contributed by atoms with van der Waals surface area (Å²) in [6.45, 7) is 8.07. The minimum Gasteiger partial charge on any atom is -0.349 e. The van der Waals surface area contributed by atoms with Crippen LogP contribution in [0.5, 0.6) is 0 Å². The fraction of sp³-hybridized carbons (Fsp3) is 0.350. The first kappa shape index (κ1) is 20.9. The van der Waals surface area contributed by atoms with E-state index in [1.54, 1.807) is 6.07 Å². The standard InChI is InChI=1S/C20H25FN2O3S/c1-13(2)19(14(3)4)22-20(24)15-8-7-9-16(12-15)27(25,26)23-18-11-6-5-10-17(18)21/h5-14,19,23H,1-4H3,(H,22,24). The van der Waals surface area contributed by atoms with Gasteiger partial charge in [-0.15, -0.1) is 0 Å². The van der Waals surface area contributed by atoms with E-state index in [1.165, 1.54) is 42.5 Å². The molecule has 27 heavy (non-hydrogen) atoms. The lowest BCUT2D eigenvalue weighted by Gasteiger charge is -2.26. The lowest BCUT2D eigenvalue weighted by Crippen LogP contribution is -2.42. The van der Waals surface area contributed by atoms with Gasteiger partial charge in [0, 0.05) is 11.6 Å². The molecule has 5 nitrogen and oxygen atoms in total. The van der Waals surface area contributed by atoms with Gasteiger partial charge in [-0.05, 0) is 42.2 Å². The smallest absolute Gasteiger partial charge is 0.262 e. The largest absolute Gasteiger partial charge is 0.349 e. The van der Waals surface area contributed by atoms with E-state index in [0.29, 0.717) is 0 Å². The van der Waals surface area contributed by atoms with Crippen LogP contribution in [-0.4, -0.2) is 20.4 Å². The first-order valence-corrected chi connectivity index (χ1v) is 10.3. The summed E-state index contributed by atoms with van der Waals surface area (Å²) >= 11 is 0. The molecule has 0 aliphatic rings. The molecule has 0 atom stereocenters. The summed E-state index contributed by atoms with van der Waals surface area (Å²) in [5.74, 6) is -0.538. The zero-order chi connectivity index (χ0) is 20.2. The van der Waals surface area contributed by atoms with Crippen molar-refractivity contribution in [2.75, 3.05) is 4.72 Å². The third kappa shape index (κ3) is 5.29. The lowest BCUT2D eigenvalue weighted by atomic mass is 9.93. The van der Waals surface area contributed by atoms with E-state index in [-0.39, 0.29) is 39.9 Å². The lowest BCUT2D eigenvalue weighted by molar-refractivity contribution is 0.0910. The molecule has 0 saturated carbocycles. The fourth-order valence-corrected chi connectivity index (χ4v) is 4.00. The average Bonchev–Trinajstić information content (AvgIpc) is 2.61. The molecular weight excluding hydrogens is 367 g/mol. The van der Waals surface area contributed by atoms with Crippen molar-refractivity contribution >= 4 is 21.6 Å². The Balaban J connectivity index is 2.26. The van der Waals surface area contributed by atoms with Crippen molar-refractivity contribution in [2.24, 2.45) is 11.8 Å². The molecule has 2 rings (SSSR count). The summed E-state index contributed by atoms with van der Waals surface area (Å²) in [7, 11) is -4.02. The summed E-state index contributed by atoms with van der Waals surface area (Å²) < 4.78 is 41.1. The Bertz CT molecular complexity index is 903. The van der Waals surface area contributed by atoms with E-state index in [1.807, 2.05) is 27.7 Å². The van der Waals surface area contributed by atoms with Gasteiger partial charge in [0.05, 0.1) is 10.6 Å². The molecule has 2 aromatic carbocycles. The van der Waals surface area contributed by atoms with Crippen molar-refractivity contribution in [2.45, 2.75) is 38.6 Å². The van der Waals surface area contributed by atoms with E-state index in [4.69, 9.17) is 0 Å². The predicted octanol–water partition coefficient (Wildman–Crippen LogP) is 4.04. The van der Waals surface area contributed by atoms with Crippen LogP contribution >= 0.6 is 0 Å². The Labute approximate surface area is 160 Å². The van der Waals surface area contributed by atoms with E-state index in [2.05, 4.69) is 10.0 Å². The second-order valence-electron chi connectivity index (χ2n) is 7.10. The van der Waals surface area contributed by atoms with Crippen molar-refractivity contribution in [3.05, 3.63) is 59.9 Å².